The van der Waals surface area contributed by atoms with Crippen molar-refractivity contribution in [2.45, 2.75) is 27.7 Å². The van der Waals surface area contributed by atoms with Crippen LogP contribution in [0, 0.1) is 27.7 Å². The first-order chi connectivity index (χ1) is 11.4. The average Bonchev–Trinajstić information content (AvgIpc) is 2.91. The van der Waals surface area contributed by atoms with Crippen molar-refractivity contribution in [1.82, 2.24) is 4.98 Å². The lowest BCUT2D eigenvalue weighted by Gasteiger charge is -2.07. The number of fused-ring (bicyclic) bond motifs is 1. The average molecular weight is 340 g/mol. The summed E-state index contributed by atoms with van der Waals surface area (Å²) in [6.07, 6.45) is 0. The van der Waals surface area contributed by atoms with E-state index in [4.69, 9.17) is 4.74 Å². The van der Waals surface area contributed by atoms with Crippen molar-refractivity contribution in [2.24, 2.45) is 0 Å². The van der Waals surface area contributed by atoms with Crippen LogP contribution in [0.4, 0.5) is 5.13 Å². The molecule has 0 bridgehead atoms. The van der Waals surface area contributed by atoms with E-state index in [1.54, 1.807) is 0 Å². The number of amides is 1. The van der Waals surface area contributed by atoms with E-state index in [2.05, 4.69) is 29.4 Å². The highest BCUT2D eigenvalue weighted by Gasteiger charge is 2.10. The molecule has 0 aliphatic carbocycles. The highest BCUT2D eigenvalue weighted by Crippen LogP contribution is 2.29. The van der Waals surface area contributed by atoms with Crippen LogP contribution in [0.2, 0.25) is 0 Å². The van der Waals surface area contributed by atoms with Crippen molar-refractivity contribution in [3.63, 3.8) is 0 Å². The van der Waals surface area contributed by atoms with Gasteiger partial charge in [0.2, 0.25) is 0 Å². The van der Waals surface area contributed by atoms with Gasteiger partial charge in [-0.2, -0.15) is 0 Å². The summed E-state index contributed by atoms with van der Waals surface area (Å²) in [5.41, 5.74) is 5.60. The van der Waals surface area contributed by atoms with Crippen LogP contribution < -0.4 is 10.1 Å². The zero-order chi connectivity index (χ0) is 17.3. The van der Waals surface area contributed by atoms with E-state index < -0.39 is 0 Å². The van der Waals surface area contributed by atoms with Crippen LogP contribution in [0.1, 0.15) is 22.3 Å². The molecule has 4 nitrogen and oxygen atoms in total. The number of ether oxygens (including phenoxy) is 1. The van der Waals surface area contributed by atoms with Crippen molar-refractivity contribution < 1.29 is 9.53 Å². The minimum atomic E-state index is -0.207. The fourth-order valence-electron chi connectivity index (χ4n) is 2.53. The molecule has 3 aromatic rings. The third kappa shape index (κ3) is 3.57. The fraction of sp³-hybridized carbons (Fsp3) is 0.263. The third-order valence-electron chi connectivity index (χ3n) is 3.92. The van der Waals surface area contributed by atoms with Gasteiger partial charge in [-0.15, -0.1) is 0 Å². The molecule has 0 aliphatic heterocycles. The second-order valence-electron chi connectivity index (χ2n) is 6.03. The predicted octanol–water partition coefficient (Wildman–Crippen LogP) is 4.55. The Bertz CT molecular complexity index is 915. The van der Waals surface area contributed by atoms with Crippen molar-refractivity contribution in [3.8, 4) is 5.75 Å². The van der Waals surface area contributed by atoms with Gasteiger partial charge in [-0.05, 0) is 68.1 Å². The molecule has 124 valence electrons. The van der Waals surface area contributed by atoms with Crippen molar-refractivity contribution >= 4 is 32.6 Å². The molecule has 0 fully saturated rings. The molecule has 1 amide bonds. The van der Waals surface area contributed by atoms with Gasteiger partial charge >= 0.3 is 0 Å². The Balaban J connectivity index is 1.66. The lowest BCUT2D eigenvalue weighted by Crippen LogP contribution is -2.20. The summed E-state index contributed by atoms with van der Waals surface area (Å²) in [5, 5.41) is 3.42. The minimum Gasteiger partial charge on any atom is -0.484 e. The fourth-order valence-corrected chi connectivity index (χ4v) is 3.59. The van der Waals surface area contributed by atoms with Gasteiger partial charge in [-0.1, -0.05) is 23.5 Å². The molecule has 2 aromatic carbocycles. The number of nitrogens with one attached hydrogen (secondary N) is 1. The van der Waals surface area contributed by atoms with Crippen LogP contribution >= 0.6 is 11.3 Å². The third-order valence-corrected chi connectivity index (χ3v) is 4.84. The van der Waals surface area contributed by atoms with Gasteiger partial charge in [0.15, 0.2) is 11.7 Å². The molecule has 0 atom stereocenters. The maximum Gasteiger partial charge on any atom is 0.264 e. The van der Waals surface area contributed by atoms with E-state index in [9.17, 15) is 4.79 Å². The summed E-state index contributed by atoms with van der Waals surface area (Å²) in [4.78, 5) is 16.6. The summed E-state index contributed by atoms with van der Waals surface area (Å²) in [6.45, 7) is 8.12. The monoisotopic (exact) mass is 340 g/mol. The molecule has 0 unspecified atom stereocenters. The van der Waals surface area contributed by atoms with Crippen molar-refractivity contribution in [2.75, 3.05) is 11.9 Å². The Morgan fingerprint density at radius 3 is 2.62 bits per heavy atom. The number of aryl methyl sites for hydroxylation is 4. The van der Waals surface area contributed by atoms with Crippen LogP contribution in [-0.4, -0.2) is 17.5 Å². The SMILES string of the molecule is Cc1cc(C)c2nc(NC(=O)COc3ccc(C)c(C)c3)sc2c1. The molecule has 0 aliphatic rings. The number of carbonyl (C=O) groups is 1. The Hall–Kier alpha value is -2.40. The van der Waals surface area contributed by atoms with Crippen LogP contribution in [0.15, 0.2) is 30.3 Å². The number of anilines is 1. The molecule has 0 radical (unpaired) electrons. The molecule has 1 heterocycles. The Morgan fingerprint density at radius 1 is 1.08 bits per heavy atom. The van der Waals surface area contributed by atoms with Crippen LogP contribution in [0.3, 0.4) is 0 Å². The topological polar surface area (TPSA) is 51.2 Å². The molecular weight excluding hydrogens is 320 g/mol. The lowest BCUT2D eigenvalue weighted by molar-refractivity contribution is -0.118. The Labute approximate surface area is 145 Å². The van der Waals surface area contributed by atoms with E-state index in [0.29, 0.717) is 10.9 Å². The number of rotatable bonds is 4. The summed E-state index contributed by atoms with van der Waals surface area (Å²) in [5.74, 6) is 0.491. The van der Waals surface area contributed by atoms with Crippen LogP contribution in [-0.2, 0) is 4.79 Å². The zero-order valence-corrected chi connectivity index (χ0v) is 15.1. The van der Waals surface area contributed by atoms with Crippen molar-refractivity contribution in [3.05, 3.63) is 52.6 Å². The molecule has 24 heavy (non-hydrogen) atoms. The van der Waals surface area contributed by atoms with Crippen LogP contribution in [0.5, 0.6) is 5.75 Å². The Morgan fingerprint density at radius 2 is 1.88 bits per heavy atom. The summed E-state index contributed by atoms with van der Waals surface area (Å²) in [6, 6.07) is 9.98. The quantitative estimate of drug-likeness (QED) is 0.758. The summed E-state index contributed by atoms with van der Waals surface area (Å²) < 4.78 is 6.64. The van der Waals surface area contributed by atoms with Gasteiger partial charge in [0.05, 0.1) is 10.2 Å². The number of thiazole rings is 1. The second-order valence-corrected chi connectivity index (χ2v) is 7.06. The molecule has 3 rings (SSSR count). The van der Waals surface area contributed by atoms with Gasteiger partial charge in [-0.25, -0.2) is 4.98 Å². The number of benzene rings is 2. The summed E-state index contributed by atoms with van der Waals surface area (Å²) >= 11 is 1.48. The molecule has 0 spiro atoms. The predicted molar refractivity (Wildman–Crippen MR) is 99.1 cm³/mol. The molecule has 0 saturated heterocycles. The molecule has 1 N–H and O–H groups in total. The van der Waals surface area contributed by atoms with Gasteiger partial charge in [0.1, 0.15) is 5.75 Å². The van der Waals surface area contributed by atoms with Gasteiger partial charge in [-0.3, -0.25) is 10.1 Å². The van der Waals surface area contributed by atoms with E-state index in [-0.39, 0.29) is 12.5 Å². The number of aromatic nitrogens is 1. The first kappa shape index (κ1) is 16.5. The highest BCUT2D eigenvalue weighted by molar-refractivity contribution is 7.22. The molecular formula is C19H20N2O2S. The van der Waals surface area contributed by atoms with Gasteiger partial charge in [0, 0.05) is 0 Å². The van der Waals surface area contributed by atoms with Crippen LogP contribution in [0.25, 0.3) is 10.2 Å². The standard InChI is InChI=1S/C19H20N2O2S/c1-11-7-14(4)18-16(8-11)24-19(21-18)20-17(22)10-23-15-6-5-12(2)13(3)9-15/h5-9H,10H2,1-4H3,(H,20,21,22). The number of hydrogen-bond donors (Lipinski definition) is 1. The highest BCUT2D eigenvalue weighted by atomic mass is 32.1. The summed E-state index contributed by atoms with van der Waals surface area (Å²) in [7, 11) is 0. The zero-order valence-electron chi connectivity index (χ0n) is 14.3. The minimum absolute atomic E-state index is 0.0313. The lowest BCUT2D eigenvalue weighted by atomic mass is 10.1. The first-order valence-electron chi connectivity index (χ1n) is 7.80. The number of nitrogens with zero attached hydrogens (tertiary/aromatic N) is 1. The maximum absolute atomic E-state index is 12.1. The van der Waals surface area contributed by atoms with Gasteiger partial charge in [0.25, 0.3) is 5.91 Å². The molecule has 0 saturated carbocycles. The number of carbonyl (C=O) groups excluding carboxylic acids is 1. The van der Waals surface area contributed by atoms with Gasteiger partial charge < -0.3 is 4.74 Å². The maximum atomic E-state index is 12.1. The number of hydrogen-bond acceptors (Lipinski definition) is 4. The second kappa shape index (κ2) is 6.61. The largest absolute Gasteiger partial charge is 0.484 e. The van der Waals surface area contributed by atoms with E-state index in [0.717, 1.165) is 21.3 Å². The first-order valence-corrected chi connectivity index (χ1v) is 8.62. The van der Waals surface area contributed by atoms with Crippen molar-refractivity contribution in [1.29, 1.82) is 0 Å². The van der Waals surface area contributed by atoms with E-state index in [1.165, 1.54) is 22.5 Å². The van der Waals surface area contributed by atoms with E-state index >= 15 is 0 Å². The smallest absolute Gasteiger partial charge is 0.264 e. The van der Waals surface area contributed by atoms with E-state index in [1.807, 2.05) is 39.0 Å². The Kier molecular flexibility index (Phi) is 4.53. The normalized spacial score (nSPS) is 10.8. The molecule has 1 aromatic heterocycles. The molecule has 5 heteroatoms.